The molecule has 39 heavy (non-hydrogen) atoms. The maximum atomic E-state index is 12.0. The number of aryl methyl sites for hydroxylation is 1. The van der Waals surface area contributed by atoms with Gasteiger partial charge >= 0.3 is 0 Å². The number of carbonyl (C=O) groups is 1. The molecule has 1 aliphatic carbocycles. The van der Waals surface area contributed by atoms with Crippen LogP contribution in [0.2, 0.25) is 0 Å². The molecule has 2 aromatic heterocycles. The van der Waals surface area contributed by atoms with Gasteiger partial charge in [0.25, 0.3) is 5.91 Å². The first-order valence-electron chi connectivity index (χ1n) is 13.7. The number of imidazole rings is 1. The van der Waals surface area contributed by atoms with Crippen molar-refractivity contribution in [1.29, 1.82) is 0 Å². The Hall–Kier alpha value is -3.77. The largest absolute Gasteiger partial charge is 0.377 e. The van der Waals surface area contributed by atoms with E-state index in [0.29, 0.717) is 69.0 Å². The predicted molar refractivity (Wildman–Crippen MR) is 150 cm³/mol. The average Bonchev–Trinajstić information content (AvgIpc) is 3.67. The molecule has 0 bridgehead atoms. The van der Waals surface area contributed by atoms with Crippen LogP contribution in [0.3, 0.4) is 0 Å². The molecular weight excluding hydrogens is 498 g/mol. The van der Waals surface area contributed by atoms with E-state index >= 15 is 0 Å². The minimum absolute atomic E-state index is 0.103. The summed E-state index contributed by atoms with van der Waals surface area (Å²) in [5, 5.41) is 12.8. The average molecular weight is 538 g/mol. The first-order chi connectivity index (χ1) is 19.3. The third-order valence-electron chi connectivity index (χ3n) is 6.23. The fraction of sp³-hybridized carbons (Fsp3) is 0.519. The summed E-state index contributed by atoms with van der Waals surface area (Å²) in [6, 6.07) is 9.53. The second-order valence-corrected chi connectivity index (χ2v) is 9.29. The molecule has 0 spiro atoms. The standard InChI is InChI=1S/C27H39N9O3/c37-24(22-7-2-1-3-8-22)29-13-17-38-19-20-39-18-14-31-26-33-25(30-11-6-15-36-16-12-28-21-36)34-27(35-26)32-23-9-4-5-10-23/h1-3,7-8,12,16,21,23H,4-6,9-11,13-15,17-20H2,(H,29,37)(H3,30,31,32,33,34,35). The van der Waals surface area contributed by atoms with E-state index in [0.717, 1.165) is 32.4 Å². The molecule has 0 unspecified atom stereocenters. The van der Waals surface area contributed by atoms with Gasteiger partial charge < -0.3 is 35.3 Å². The van der Waals surface area contributed by atoms with Gasteiger partial charge in [-0.2, -0.15) is 15.0 Å². The zero-order chi connectivity index (χ0) is 27.0. The number of carbonyl (C=O) groups excluding carboxylic acids is 1. The van der Waals surface area contributed by atoms with Crippen molar-refractivity contribution in [2.45, 2.75) is 44.7 Å². The van der Waals surface area contributed by atoms with Gasteiger partial charge in [0.1, 0.15) is 0 Å². The van der Waals surface area contributed by atoms with Crippen LogP contribution in [-0.2, 0) is 16.0 Å². The van der Waals surface area contributed by atoms with Gasteiger partial charge in [0.15, 0.2) is 0 Å². The lowest BCUT2D eigenvalue weighted by Crippen LogP contribution is -2.27. The van der Waals surface area contributed by atoms with Crippen molar-refractivity contribution in [2.24, 2.45) is 0 Å². The lowest BCUT2D eigenvalue weighted by molar-refractivity contribution is 0.0519. The summed E-state index contributed by atoms with van der Waals surface area (Å²) in [5.74, 6) is 1.54. The first-order valence-corrected chi connectivity index (χ1v) is 13.7. The van der Waals surface area contributed by atoms with Crippen molar-refractivity contribution in [2.75, 3.05) is 62.0 Å². The zero-order valence-corrected chi connectivity index (χ0v) is 22.3. The van der Waals surface area contributed by atoms with Crippen LogP contribution in [0, 0.1) is 0 Å². The Balaban J connectivity index is 1.11. The van der Waals surface area contributed by atoms with E-state index < -0.39 is 0 Å². The molecule has 210 valence electrons. The number of rotatable bonds is 18. The number of benzene rings is 1. The normalized spacial score (nSPS) is 13.3. The molecule has 1 fully saturated rings. The maximum Gasteiger partial charge on any atom is 0.251 e. The first kappa shape index (κ1) is 28.2. The Bertz CT molecular complexity index is 1090. The molecule has 1 aromatic carbocycles. The van der Waals surface area contributed by atoms with Gasteiger partial charge in [0, 0.05) is 50.2 Å². The monoisotopic (exact) mass is 537 g/mol. The number of hydrogen-bond donors (Lipinski definition) is 4. The Kier molecular flexibility index (Phi) is 11.8. The Morgan fingerprint density at radius 1 is 0.872 bits per heavy atom. The number of anilines is 3. The van der Waals surface area contributed by atoms with Crippen LogP contribution in [0.4, 0.5) is 17.8 Å². The minimum Gasteiger partial charge on any atom is -0.377 e. The summed E-state index contributed by atoms with van der Waals surface area (Å²) in [6.45, 7) is 4.45. The smallest absolute Gasteiger partial charge is 0.251 e. The van der Waals surface area contributed by atoms with E-state index in [1.807, 2.05) is 35.3 Å². The van der Waals surface area contributed by atoms with E-state index in [-0.39, 0.29) is 5.91 Å². The molecule has 4 N–H and O–H groups in total. The summed E-state index contributed by atoms with van der Waals surface area (Å²) in [4.78, 5) is 29.7. The van der Waals surface area contributed by atoms with Crippen molar-refractivity contribution in [3.8, 4) is 0 Å². The second kappa shape index (κ2) is 16.2. The van der Waals surface area contributed by atoms with Gasteiger partial charge in [-0.05, 0) is 31.4 Å². The molecule has 0 aliphatic heterocycles. The summed E-state index contributed by atoms with van der Waals surface area (Å²) in [6.07, 6.45) is 11.2. The highest BCUT2D eigenvalue weighted by Gasteiger charge is 2.17. The minimum atomic E-state index is -0.103. The summed E-state index contributed by atoms with van der Waals surface area (Å²) >= 11 is 0. The fourth-order valence-corrected chi connectivity index (χ4v) is 4.22. The van der Waals surface area contributed by atoms with Crippen LogP contribution < -0.4 is 21.3 Å². The molecule has 0 saturated heterocycles. The molecule has 12 heteroatoms. The molecule has 4 rings (SSSR count). The zero-order valence-electron chi connectivity index (χ0n) is 22.3. The van der Waals surface area contributed by atoms with Crippen LogP contribution in [0.1, 0.15) is 42.5 Å². The van der Waals surface area contributed by atoms with Gasteiger partial charge in [-0.1, -0.05) is 31.0 Å². The second-order valence-electron chi connectivity index (χ2n) is 9.29. The highest BCUT2D eigenvalue weighted by molar-refractivity contribution is 5.94. The highest BCUT2D eigenvalue weighted by atomic mass is 16.5. The molecular formula is C27H39N9O3. The van der Waals surface area contributed by atoms with Crippen LogP contribution in [0.15, 0.2) is 49.1 Å². The van der Waals surface area contributed by atoms with Crippen molar-refractivity contribution < 1.29 is 14.3 Å². The van der Waals surface area contributed by atoms with E-state index in [9.17, 15) is 4.79 Å². The van der Waals surface area contributed by atoms with Crippen LogP contribution >= 0.6 is 0 Å². The Labute approximate surface area is 229 Å². The lowest BCUT2D eigenvalue weighted by Gasteiger charge is -2.14. The van der Waals surface area contributed by atoms with Crippen LogP contribution in [0.5, 0.6) is 0 Å². The number of hydrogen-bond acceptors (Lipinski definition) is 10. The van der Waals surface area contributed by atoms with Crippen molar-refractivity contribution in [1.82, 2.24) is 29.8 Å². The maximum absolute atomic E-state index is 12.0. The Morgan fingerprint density at radius 2 is 1.56 bits per heavy atom. The molecule has 1 saturated carbocycles. The summed E-state index contributed by atoms with van der Waals surface area (Å²) in [7, 11) is 0. The number of ether oxygens (including phenoxy) is 2. The quantitative estimate of drug-likeness (QED) is 0.179. The van der Waals surface area contributed by atoms with Gasteiger partial charge in [-0.3, -0.25) is 4.79 Å². The van der Waals surface area contributed by atoms with Gasteiger partial charge in [0.2, 0.25) is 17.8 Å². The number of nitrogens with one attached hydrogen (secondary N) is 4. The molecule has 2 heterocycles. The van der Waals surface area contributed by atoms with Crippen LogP contribution in [-0.4, -0.2) is 82.5 Å². The molecule has 1 aliphatic rings. The van der Waals surface area contributed by atoms with Gasteiger partial charge in [-0.15, -0.1) is 0 Å². The van der Waals surface area contributed by atoms with Crippen molar-refractivity contribution in [3.63, 3.8) is 0 Å². The predicted octanol–water partition coefficient (Wildman–Crippen LogP) is 2.80. The molecule has 1 amide bonds. The fourth-order valence-electron chi connectivity index (χ4n) is 4.22. The van der Waals surface area contributed by atoms with E-state index in [1.54, 1.807) is 18.3 Å². The summed E-state index contributed by atoms with van der Waals surface area (Å²) < 4.78 is 13.2. The molecule has 12 nitrogen and oxygen atoms in total. The SMILES string of the molecule is O=C(NCCOCCOCCNc1nc(NCCCn2ccnc2)nc(NC2CCCC2)n1)c1ccccc1. The van der Waals surface area contributed by atoms with E-state index in [4.69, 9.17) is 9.47 Å². The van der Waals surface area contributed by atoms with E-state index in [1.165, 1.54) is 12.8 Å². The Morgan fingerprint density at radius 3 is 2.28 bits per heavy atom. The van der Waals surface area contributed by atoms with Gasteiger partial charge in [0.05, 0.1) is 32.8 Å². The lowest BCUT2D eigenvalue weighted by atomic mass is 10.2. The van der Waals surface area contributed by atoms with Crippen molar-refractivity contribution in [3.05, 3.63) is 54.6 Å². The van der Waals surface area contributed by atoms with Crippen molar-refractivity contribution >= 4 is 23.8 Å². The third kappa shape index (κ3) is 10.5. The third-order valence-corrected chi connectivity index (χ3v) is 6.23. The molecule has 3 aromatic rings. The number of aromatic nitrogens is 5. The number of nitrogens with zero attached hydrogens (tertiary/aromatic N) is 5. The summed E-state index contributed by atoms with van der Waals surface area (Å²) in [5.41, 5.74) is 0.640. The van der Waals surface area contributed by atoms with Crippen LogP contribution in [0.25, 0.3) is 0 Å². The number of amides is 1. The topological polar surface area (TPSA) is 140 Å². The van der Waals surface area contributed by atoms with E-state index in [2.05, 4.69) is 41.2 Å². The van der Waals surface area contributed by atoms with Gasteiger partial charge in [-0.25, -0.2) is 4.98 Å². The molecule has 0 atom stereocenters. The highest BCUT2D eigenvalue weighted by Crippen LogP contribution is 2.21. The molecule has 0 radical (unpaired) electrons.